The molecule has 2 atom stereocenters. The van der Waals surface area contributed by atoms with Crippen molar-refractivity contribution in [1.82, 2.24) is 8.97 Å². The van der Waals surface area contributed by atoms with E-state index in [9.17, 15) is 9.59 Å². The molecular weight excluding hydrogens is 320 g/mol. The van der Waals surface area contributed by atoms with Crippen molar-refractivity contribution in [3.8, 4) is 0 Å². The van der Waals surface area contributed by atoms with Crippen molar-refractivity contribution in [2.45, 2.75) is 24.9 Å². The monoisotopic (exact) mass is 336 g/mol. The normalized spacial score (nSPS) is 25.3. The van der Waals surface area contributed by atoms with E-state index in [2.05, 4.69) is 0 Å². The van der Waals surface area contributed by atoms with Crippen LogP contribution < -0.4 is 5.69 Å². The largest absolute Gasteiger partial charge is 0.348 e. The van der Waals surface area contributed by atoms with Crippen molar-refractivity contribution >= 4 is 22.2 Å². The maximum Gasteiger partial charge on any atom is 0.333 e. The van der Waals surface area contributed by atoms with Gasteiger partial charge in [-0.05, 0) is 30.4 Å². The first kappa shape index (κ1) is 14.6. The lowest BCUT2D eigenvalue weighted by atomic mass is 9.92. The summed E-state index contributed by atoms with van der Waals surface area (Å²) < 4.78 is 14.9. The molecule has 0 saturated carbocycles. The van der Waals surface area contributed by atoms with Crippen LogP contribution in [0.25, 0.3) is 16.4 Å². The summed E-state index contributed by atoms with van der Waals surface area (Å²) in [6.45, 7) is 0.246. The van der Waals surface area contributed by atoms with E-state index >= 15 is 0 Å². The molecule has 2 aliphatic rings. The lowest BCUT2D eigenvalue weighted by molar-refractivity contribution is -0.239. The van der Waals surface area contributed by atoms with Gasteiger partial charge in [0.25, 0.3) is 0 Å². The lowest BCUT2D eigenvalue weighted by Crippen LogP contribution is -2.52. The molecule has 1 aliphatic heterocycles. The molecule has 0 bridgehead atoms. The standard InChI is InChI=1S/C19H16N2O4/c1-24-19-7-6-15(22)10-17(19)21-14(11-25-19)9-13-8-12-4-2-3-5-16(12)20(13)18(21)23/h2-9,17H,10-11H2,1H3/t17-,19+/m1/s1. The number of aromatic nitrogens is 2. The Morgan fingerprint density at radius 2 is 2.08 bits per heavy atom. The Balaban J connectivity index is 1.86. The van der Waals surface area contributed by atoms with Gasteiger partial charge in [-0.3, -0.25) is 13.8 Å². The first-order valence-corrected chi connectivity index (χ1v) is 8.19. The number of fused-ring (bicyclic) bond motifs is 6. The molecule has 5 rings (SSSR count). The number of benzene rings is 1. The van der Waals surface area contributed by atoms with Crippen LogP contribution in [0.4, 0.5) is 0 Å². The second-order valence-corrected chi connectivity index (χ2v) is 6.49. The molecular formula is C19H16N2O4. The summed E-state index contributed by atoms with van der Waals surface area (Å²) in [6, 6.07) is 11.2. The maximum absolute atomic E-state index is 13.3. The number of hydrogen-bond donors (Lipinski definition) is 0. The predicted molar refractivity (Wildman–Crippen MR) is 91.5 cm³/mol. The number of rotatable bonds is 1. The van der Waals surface area contributed by atoms with Gasteiger partial charge in [0.15, 0.2) is 5.78 Å². The van der Waals surface area contributed by atoms with E-state index in [1.54, 1.807) is 15.0 Å². The van der Waals surface area contributed by atoms with Gasteiger partial charge < -0.3 is 9.47 Å². The second kappa shape index (κ2) is 4.91. The second-order valence-electron chi connectivity index (χ2n) is 6.49. The number of ketones is 1. The lowest BCUT2D eigenvalue weighted by Gasteiger charge is -2.43. The van der Waals surface area contributed by atoms with Crippen LogP contribution in [0.15, 0.2) is 53.3 Å². The Morgan fingerprint density at radius 3 is 2.92 bits per heavy atom. The van der Waals surface area contributed by atoms with Crippen LogP contribution >= 0.6 is 0 Å². The molecule has 3 aromatic rings. The molecule has 0 saturated heterocycles. The zero-order valence-electron chi connectivity index (χ0n) is 13.6. The molecule has 0 unspecified atom stereocenters. The van der Waals surface area contributed by atoms with Gasteiger partial charge in [0.2, 0.25) is 5.79 Å². The molecule has 1 aromatic carbocycles. The summed E-state index contributed by atoms with van der Waals surface area (Å²) in [4.78, 5) is 25.4. The highest BCUT2D eigenvalue weighted by Gasteiger charge is 2.47. The van der Waals surface area contributed by atoms with E-state index in [1.807, 2.05) is 36.4 Å². The molecule has 0 N–H and O–H groups in total. The minimum Gasteiger partial charge on any atom is -0.348 e. The predicted octanol–water partition coefficient (Wildman–Crippen LogP) is 2.20. The molecule has 6 heteroatoms. The highest BCUT2D eigenvalue weighted by Crippen LogP contribution is 2.40. The van der Waals surface area contributed by atoms with Gasteiger partial charge in [0.05, 0.1) is 23.3 Å². The van der Waals surface area contributed by atoms with Crippen LogP contribution in [-0.2, 0) is 20.9 Å². The van der Waals surface area contributed by atoms with Crippen molar-refractivity contribution in [3.05, 3.63) is 64.7 Å². The van der Waals surface area contributed by atoms with Crippen LogP contribution in [0.2, 0.25) is 0 Å². The third-order valence-electron chi connectivity index (χ3n) is 5.20. The van der Waals surface area contributed by atoms with Gasteiger partial charge in [0.1, 0.15) is 6.04 Å². The summed E-state index contributed by atoms with van der Waals surface area (Å²) in [5, 5.41) is 1.00. The number of ether oxygens (including phenoxy) is 2. The van der Waals surface area contributed by atoms with Crippen LogP contribution in [-0.4, -0.2) is 27.6 Å². The fourth-order valence-corrected chi connectivity index (χ4v) is 4.00. The van der Waals surface area contributed by atoms with Gasteiger partial charge in [-0.1, -0.05) is 18.2 Å². The van der Waals surface area contributed by atoms with E-state index in [4.69, 9.17) is 9.47 Å². The topological polar surface area (TPSA) is 61.9 Å². The molecule has 3 heterocycles. The Morgan fingerprint density at radius 1 is 1.24 bits per heavy atom. The van der Waals surface area contributed by atoms with E-state index in [-0.39, 0.29) is 24.5 Å². The average Bonchev–Trinajstić information content (AvgIpc) is 3.00. The van der Waals surface area contributed by atoms with Gasteiger partial charge in [-0.25, -0.2) is 4.79 Å². The van der Waals surface area contributed by atoms with Crippen LogP contribution in [0, 0.1) is 0 Å². The zero-order chi connectivity index (χ0) is 17.2. The third-order valence-corrected chi connectivity index (χ3v) is 5.20. The Hall–Kier alpha value is -2.70. The molecule has 126 valence electrons. The van der Waals surface area contributed by atoms with E-state index in [1.165, 1.54) is 13.2 Å². The number of hydrogen-bond acceptors (Lipinski definition) is 4. The molecule has 25 heavy (non-hydrogen) atoms. The van der Waals surface area contributed by atoms with Gasteiger partial charge in [-0.2, -0.15) is 0 Å². The molecule has 0 spiro atoms. The van der Waals surface area contributed by atoms with Crippen molar-refractivity contribution in [1.29, 1.82) is 0 Å². The fraction of sp³-hybridized carbons (Fsp3) is 0.263. The van der Waals surface area contributed by atoms with Crippen LogP contribution in [0.1, 0.15) is 18.2 Å². The zero-order valence-corrected chi connectivity index (χ0v) is 13.6. The molecule has 0 fully saturated rings. The smallest absolute Gasteiger partial charge is 0.333 e. The highest BCUT2D eigenvalue weighted by molar-refractivity contribution is 5.91. The SMILES string of the molecule is CO[C@]12C=CC(=O)C[C@H]1n1c(cc3cc4ccccc4n3c1=O)CO2. The average molecular weight is 336 g/mol. The summed E-state index contributed by atoms with van der Waals surface area (Å²) >= 11 is 0. The van der Waals surface area contributed by atoms with Crippen LogP contribution in [0.3, 0.4) is 0 Å². The quantitative estimate of drug-likeness (QED) is 0.683. The van der Waals surface area contributed by atoms with E-state index < -0.39 is 11.8 Å². The number of carbonyl (C=O) groups excluding carboxylic acids is 1. The summed E-state index contributed by atoms with van der Waals surface area (Å²) in [5.74, 6) is -1.13. The number of para-hydroxylation sites is 1. The molecule has 1 aliphatic carbocycles. The minimum atomic E-state index is -1.08. The maximum atomic E-state index is 13.3. The molecule has 0 amide bonds. The number of carbonyl (C=O) groups is 1. The molecule has 6 nitrogen and oxygen atoms in total. The van der Waals surface area contributed by atoms with Crippen molar-refractivity contribution in [2.75, 3.05) is 7.11 Å². The molecule has 2 aromatic heterocycles. The number of allylic oxidation sites excluding steroid dienone is 1. The fourth-order valence-electron chi connectivity index (χ4n) is 4.00. The van der Waals surface area contributed by atoms with Crippen molar-refractivity contribution in [3.63, 3.8) is 0 Å². The van der Waals surface area contributed by atoms with Gasteiger partial charge in [0, 0.05) is 18.9 Å². The first-order chi connectivity index (χ1) is 12.1. The Kier molecular flexibility index (Phi) is 2.87. The van der Waals surface area contributed by atoms with E-state index in [0.29, 0.717) is 0 Å². The van der Waals surface area contributed by atoms with Gasteiger partial charge in [-0.15, -0.1) is 0 Å². The van der Waals surface area contributed by atoms with E-state index in [0.717, 1.165) is 22.1 Å². The Bertz CT molecular complexity index is 1120. The summed E-state index contributed by atoms with van der Waals surface area (Å²) in [6.07, 6.45) is 3.26. The van der Waals surface area contributed by atoms with Crippen LogP contribution in [0.5, 0.6) is 0 Å². The summed E-state index contributed by atoms with van der Waals surface area (Å²) in [7, 11) is 1.53. The number of nitrogens with zero attached hydrogens (tertiary/aromatic N) is 2. The molecule has 0 radical (unpaired) electrons. The Labute approximate surface area is 142 Å². The van der Waals surface area contributed by atoms with Crippen molar-refractivity contribution in [2.24, 2.45) is 0 Å². The third kappa shape index (κ3) is 1.86. The summed E-state index contributed by atoms with van der Waals surface area (Å²) in [5.41, 5.74) is 2.25. The van der Waals surface area contributed by atoms with Crippen molar-refractivity contribution < 1.29 is 14.3 Å². The highest BCUT2D eigenvalue weighted by atomic mass is 16.7. The van der Waals surface area contributed by atoms with Gasteiger partial charge >= 0.3 is 5.69 Å². The first-order valence-electron chi connectivity index (χ1n) is 8.19. The number of methoxy groups -OCH3 is 1. The minimum absolute atomic E-state index is 0.0431.